The van der Waals surface area contributed by atoms with Crippen LogP contribution in [-0.2, 0) is 11.3 Å². The van der Waals surface area contributed by atoms with Gasteiger partial charge in [0.05, 0.1) is 13.7 Å². The molecule has 0 unspecified atom stereocenters. The van der Waals surface area contributed by atoms with Crippen molar-refractivity contribution in [3.8, 4) is 5.75 Å². The number of ether oxygens (including phenoxy) is 1. The maximum absolute atomic E-state index is 13.5. The van der Waals surface area contributed by atoms with Crippen molar-refractivity contribution >= 4 is 5.97 Å². The normalized spacial score (nSPS) is 23.1. The number of nitrogens with one attached hydrogen (secondary N) is 1. The average Bonchev–Trinajstić information content (AvgIpc) is 3.28. The molecule has 3 rings (SSSR count). The van der Waals surface area contributed by atoms with E-state index in [2.05, 4.69) is 10.2 Å². The molecule has 132 valence electrons. The fourth-order valence-corrected chi connectivity index (χ4v) is 3.30. The van der Waals surface area contributed by atoms with Gasteiger partial charge in [-0.2, -0.15) is 0 Å². The van der Waals surface area contributed by atoms with Gasteiger partial charge < -0.3 is 15.2 Å². The molecule has 5 nitrogen and oxygen atoms in total. The second kappa shape index (κ2) is 7.49. The standard InChI is InChI=1S/C18H25FN2O3/c1-24-17-5-13(4-14(19)6-17)9-20-15-7-16(8-15)21(11-18(22)23)10-12-2-3-12/h4-6,12,15-16,20H,2-3,7-11H2,1H3,(H,22,23). The van der Waals surface area contributed by atoms with E-state index in [-0.39, 0.29) is 12.4 Å². The molecule has 1 aromatic carbocycles. The van der Waals surface area contributed by atoms with Crippen LogP contribution in [-0.4, -0.2) is 48.3 Å². The summed E-state index contributed by atoms with van der Waals surface area (Å²) in [5.41, 5.74) is 0.857. The van der Waals surface area contributed by atoms with Crippen molar-refractivity contribution in [2.75, 3.05) is 20.2 Å². The van der Waals surface area contributed by atoms with Crippen molar-refractivity contribution in [3.63, 3.8) is 0 Å². The van der Waals surface area contributed by atoms with Gasteiger partial charge in [0, 0.05) is 31.2 Å². The number of aliphatic carboxylic acids is 1. The van der Waals surface area contributed by atoms with E-state index in [1.54, 1.807) is 0 Å². The minimum atomic E-state index is -0.751. The molecule has 0 atom stereocenters. The number of carboxylic acid groups (broad SMARTS) is 1. The molecule has 24 heavy (non-hydrogen) atoms. The van der Waals surface area contributed by atoms with Crippen molar-refractivity contribution in [1.82, 2.24) is 10.2 Å². The minimum absolute atomic E-state index is 0.134. The smallest absolute Gasteiger partial charge is 0.317 e. The van der Waals surface area contributed by atoms with Gasteiger partial charge in [0.25, 0.3) is 0 Å². The highest BCUT2D eigenvalue weighted by Gasteiger charge is 2.36. The number of methoxy groups -OCH3 is 1. The van der Waals surface area contributed by atoms with Crippen LogP contribution in [0.15, 0.2) is 18.2 Å². The van der Waals surface area contributed by atoms with E-state index in [9.17, 15) is 9.18 Å². The summed E-state index contributed by atoms with van der Waals surface area (Å²) in [6, 6.07) is 5.41. The van der Waals surface area contributed by atoms with E-state index in [1.807, 2.05) is 6.07 Å². The molecular weight excluding hydrogens is 311 g/mol. The summed E-state index contributed by atoms with van der Waals surface area (Å²) in [7, 11) is 1.53. The van der Waals surface area contributed by atoms with E-state index < -0.39 is 5.97 Å². The van der Waals surface area contributed by atoms with Crippen LogP contribution in [0.3, 0.4) is 0 Å². The summed E-state index contributed by atoms with van der Waals surface area (Å²) in [6.07, 6.45) is 4.36. The molecule has 2 aliphatic rings. The summed E-state index contributed by atoms with van der Waals surface area (Å²) in [5.74, 6) is 0.167. The molecule has 0 saturated heterocycles. The van der Waals surface area contributed by atoms with Crippen LogP contribution in [0.25, 0.3) is 0 Å². The van der Waals surface area contributed by atoms with Crippen LogP contribution in [0.2, 0.25) is 0 Å². The molecular formula is C18H25FN2O3. The van der Waals surface area contributed by atoms with Crippen molar-refractivity contribution in [1.29, 1.82) is 0 Å². The quantitative estimate of drug-likeness (QED) is 0.724. The predicted molar refractivity (Wildman–Crippen MR) is 88.5 cm³/mol. The number of nitrogens with zero attached hydrogens (tertiary/aromatic N) is 1. The lowest BCUT2D eigenvalue weighted by Gasteiger charge is -2.43. The number of hydrogen-bond acceptors (Lipinski definition) is 4. The molecule has 2 aliphatic carbocycles. The monoisotopic (exact) mass is 336 g/mol. The molecule has 0 aromatic heterocycles. The maximum Gasteiger partial charge on any atom is 0.317 e. The van der Waals surface area contributed by atoms with Gasteiger partial charge in [0.15, 0.2) is 0 Å². The maximum atomic E-state index is 13.5. The van der Waals surface area contributed by atoms with Crippen molar-refractivity contribution in [2.24, 2.45) is 5.92 Å². The van der Waals surface area contributed by atoms with E-state index >= 15 is 0 Å². The summed E-state index contributed by atoms with van der Waals surface area (Å²) in [4.78, 5) is 13.2. The van der Waals surface area contributed by atoms with E-state index in [0.29, 0.717) is 30.3 Å². The third-order valence-corrected chi connectivity index (χ3v) is 4.92. The Morgan fingerprint density at radius 1 is 1.38 bits per heavy atom. The number of rotatable bonds is 9. The Morgan fingerprint density at radius 3 is 2.75 bits per heavy atom. The summed E-state index contributed by atoms with van der Waals surface area (Å²) in [5, 5.41) is 12.5. The van der Waals surface area contributed by atoms with E-state index in [1.165, 1.54) is 32.1 Å². The second-order valence-electron chi connectivity index (χ2n) is 6.97. The van der Waals surface area contributed by atoms with Crippen LogP contribution in [0.4, 0.5) is 4.39 Å². The van der Waals surface area contributed by atoms with Crippen LogP contribution < -0.4 is 10.1 Å². The zero-order chi connectivity index (χ0) is 17.1. The molecule has 0 heterocycles. The van der Waals surface area contributed by atoms with Gasteiger partial charge >= 0.3 is 5.97 Å². The van der Waals surface area contributed by atoms with Gasteiger partial charge in [-0.25, -0.2) is 4.39 Å². The topological polar surface area (TPSA) is 61.8 Å². The van der Waals surface area contributed by atoms with Gasteiger partial charge in [-0.1, -0.05) is 0 Å². The third kappa shape index (κ3) is 4.68. The largest absolute Gasteiger partial charge is 0.497 e. The molecule has 2 N–H and O–H groups in total. The van der Waals surface area contributed by atoms with Gasteiger partial charge in [0.1, 0.15) is 11.6 Å². The molecule has 1 aromatic rings. The number of carbonyl (C=O) groups is 1. The second-order valence-corrected chi connectivity index (χ2v) is 6.97. The zero-order valence-electron chi connectivity index (χ0n) is 14.0. The van der Waals surface area contributed by atoms with Crippen LogP contribution >= 0.6 is 0 Å². The van der Waals surface area contributed by atoms with Crippen LogP contribution in [0, 0.1) is 11.7 Å². The van der Waals surface area contributed by atoms with Crippen LogP contribution in [0.1, 0.15) is 31.2 Å². The van der Waals surface area contributed by atoms with Gasteiger partial charge in [-0.3, -0.25) is 9.69 Å². The lowest BCUT2D eigenvalue weighted by atomic mass is 9.85. The van der Waals surface area contributed by atoms with Gasteiger partial charge in [0.2, 0.25) is 0 Å². The third-order valence-electron chi connectivity index (χ3n) is 4.92. The molecule has 0 amide bonds. The Balaban J connectivity index is 1.45. The summed E-state index contributed by atoms with van der Waals surface area (Å²) >= 11 is 0. The first-order valence-electron chi connectivity index (χ1n) is 8.56. The SMILES string of the molecule is COc1cc(F)cc(CNC2CC(N(CC(=O)O)CC3CC3)C2)c1. The fourth-order valence-electron chi connectivity index (χ4n) is 3.30. The Kier molecular flexibility index (Phi) is 5.36. The molecule has 0 bridgehead atoms. The summed E-state index contributed by atoms with van der Waals surface area (Å²) < 4.78 is 18.6. The van der Waals surface area contributed by atoms with Gasteiger partial charge in [-0.05, 0) is 49.3 Å². The number of carboxylic acids is 1. The number of halogens is 1. The first-order chi connectivity index (χ1) is 11.5. The molecule has 2 fully saturated rings. The molecule has 0 aliphatic heterocycles. The Morgan fingerprint density at radius 2 is 2.12 bits per heavy atom. The van der Waals surface area contributed by atoms with Crippen LogP contribution in [0.5, 0.6) is 5.75 Å². The van der Waals surface area contributed by atoms with E-state index in [0.717, 1.165) is 24.9 Å². The number of hydrogen-bond donors (Lipinski definition) is 2. The average molecular weight is 336 g/mol. The zero-order valence-corrected chi connectivity index (χ0v) is 14.0. The van der Waals surface area contributed by atoms with E-state index in [4.69, 9.17) is 9.84 Å². The van der Waals surface area contributed by atoms with Crippen molar-refractivity contribution in [3.05, 3.63) is 29.6 Å². The predicted octanol–water partition coefficient (Wildman–Crippen LogP) is 2.25. The Hall–Kier alpha value is -1.66. The molecule has 0 spiro atoms. The highest BCUT2D eigenvalue weighted by molar-refractivity contribution is 5.69. The highest BCUT2D eigenvalue weighted by atomic mass is 19.1. The Labute approximate surface area is 141 Å². The first-order valence-corrected chi connectivity index (χ1v) is 8.56. The molecule has 0 radical (unpaired) electrons. The van der Waals surface area contributed by atoms with Crippen molar-refractivity contribution in [2.45, 2.75) is 44.3 Å². The summed E-state index contributed by atoms with van der Waals surface area (Å²) in [6.45, 7) is 1.63. The molecule has 2 saturated carbocycles. The lowest BCUT2D eigenvalue weighted by Crippen LogP contribution is -2.54. The number of benzene rings is 1. The highest BCUT2D eigenvalue weighted by Crippen LogP contribution is 2.33. The Bertz CT molecular complexity index is 586. The van der Waals surface area contributed by atoms with Gasteiger partial charge in [-0.15, -0.1) is 0 Å². The first kappa shape index (κ1) is 17.2. The minimum Gasteiger partial charge on any atom is -0.497 e. The molecule has 6 heteroatoms. The fraction of sp³-hybridized carbons (Fsp3) is 0.611. The lowest BCUT2D eigenvalue weighted by molar-refractivity contribution is -0.139. The van der Waals surface area contributed by atoms with Crippen molar-refractivity contribution < 1.29 is 19.0 Å².